The summed E-state index contributed by atoms with van der Waals surface area (Å²) in [5.41, 5.74) is 7.39. The van der Waals surface area contributed by atoms with E-state index < -0.39 is 0 Å². The highest BCUT2D eigenvalue weighted by atomic mass is 35.5. The van der Waals surface area contributed by atoms with Crippen LogP contribution in [0.5, 0.6) is 0 Å². The van der Waals surface area contributed by atoms with Crippen molar-refractivity contribution in [1.82, 2.24) is 9.80 Å². The molecule has 0 aliphatic heterocycles. The molecule has 0 atom stereocenters. The van der Waals surface area contributed by atoms with Gasteiger partial charge in [-0.3, -0.25) is 9.69 Å². The molecule has 0 bridgehead atoms. The van der Waals surface area contributed by atoms with Gasteiger partial charge in [0.2, 0.25) is 5.91 Å². The molecule has 1 aromatic rings. The van der Waals surface area contributed by atoms with Crippen LogP contribution < -0.4 is 5.73 Å². The summed E-state index contributed by atoms with van der Waals surface area (Å²) in [6.07, 6.45) is 0. The van der Waals surface area contributed by atoms with E-state index in [0.717, 1.165) is 18.7 Å². The lowest BCUT2D eigenvalue weighted by molar-refractivity contribution is -0.131. The van der Waals surface area contributed by atoms with E-state index >= 15 is 0 Å². The number of hydrogen-bond acceptors (Lipinski definition) is 3. The fourth-order valence-corrected chi connectivity index (χ4v) is 2.08. The number of carbonyl (C=O) groups excluding carboxylic acids is 1. The van der Waals surface area contributed by atoms with E-state index in [1.165, 1.54) is 0 Å². The minimum absolute atomic E-state index is 0.148. The molecule has 19 heavy (non-hydrogen) atoms. The highest BCUT2D eigenvalue weighted by Crippen LogP contribution is 2.20. The van der Waals surface area contributed by atoms with Crippen LogP contribution in [0.3, 0.4) is 0 Å². The first-order valence-electron chi connectivity index (χ1n) is 6.48. The van der Waals surface area contributed by atoms with Crippen LogP contribution in [0.25, 0.3) is 0 Å². The van der Waals surface area contributed by atoms with Gasteiger partial charge in [-0.15, -0.1) is 0 Å². The van der Waals surface area contributed by atoms with Gasteiger partial charge in [-0.2, -0.15) is 0 Å². The highest BCUT2D eigenvalue weighted by Gasteiger charge is 2.12. The number of benzene rings is 1. The number of nitrogens with two attached hydrogens (primary N) is 1. The predicted molar refractivity (Wildman–Crippen MR) is 80.1 cm³/mol. The van der Waals surface area contributed by atoms with Gasteiger partial charge in [0, 0.05) is 19.6 Å². The maximum Gasteiger partial charge on any atom is 0.236 e. The van der Waals surface area contributed by atoms with Gasteiger partial charge in [0.25, 0.3) is 0 Å². The minimum atomic E-state index is 0.148. The molecule has 1 amide bonds. The number of amides is 1. The molecular formula is C14H22ClN3O. The van der Waals surface area contributed by atoms with Crippen LogP contribution >= 0.6 is 11.6 Å². The summed E-state index contributed by atoms with van der Waals surface area (Å²) in [5.74, 6) is 0.148. The van der Waals surface area contributed by atoms with Gasteiger partial charge < -0.3 is 10.6 Å². The summed E-state index contributed by atoms with van der Waals surface area (Å²) in [4.78, 5) is 15.8. The Kier molecular flexibility index (Phi) is 6.12. The Morgan fingerprint density at radius 3 is 2.47 bits per heavy atom. The Hall–Kier alpha value is -1.26. The lowest BCUT2D eigenvalue weighted by Gasteiger charge is -2.23. The average molecular weight is 284 g/mol. The average Bonchev–Trinajstić information content (AvgIpc) is 2.35. The third-order valence-electron chi connectivity index (χ3n) is 3.03. The third-order valence-corrected chi connectivity index (χ3v) is 3.38. The first-order chi connectivity index (χ1) is 8.97. The van der Waals surface area contributed by atoms with Crippen molar-refractivity contribution in [3.63, 3.8) is 0 Å². The number of likely N-dealkylation sites (N-methyl/N-ethyl adjacent to an activating group) is 2. The standard InChI is InChI=1S/C14H22ClN3O/c1-4-18(5-2)14(19)10-17(3)9-11-6-7-12(15)13(16)8-11/h6-8H,4-5,9-10,16H2,1-3H3. The second kappa shape index (κ2) is 7.36. The van der Waals surface area contributed by atoms with Crippen LogP contribution in [0, 0.1) is 0 Å². The minimum Gasteiger partial charge on any atom is -0.398 e. The first-order valence-corrected chi connectivity index (χ1v) is 6.85. The van der Waals surface area contributed by atoms with E-state index in [0.29, 0.717) is 23.8 Å². The highest BCUT2D eigenvalue weighted by molar-refractivity contribution is 6.33. The van der Waals surface area contributed by atoms with E-state index in [1.807, 2.05) is 42.8 Å². The summed E-state index contributed by atoms with van der Waals surface area (Å²) < 4.78 is 0. The van der Waals surface area contributed by atoms with E-state index in [2.05, 4.69) is 0 Å². The Balaban J connectivity index is 2.57. The molecule has 1 aromatic carbocycles. The van der Waals surface area contributed by atoms with Gasteiger partial charge in [0.05, 0.1) is 17.3 Å². The largest absolute Gasteiger partial charge is 0.398 e. The van der Waals surface area contributed by atoms with Crippen molar-refractivity contribution in [1.29, 1.82) is 0 Å². The molecule has 0 fully saturated rings. The normalized spacial score (nSPS) is 10.8. The van der Waals surface area contributed by atoms with Gasteiger partial charge in [0.15, 0.2) is 0 Å². The van der Waals surface area contributed by atoms with Crippen LogP contribution in [-0.4, -0.2) is 42.4 Å². The molecule has 0 aromatic heterocycles. The molecule has 0 unspecified atom stereocenters. The Labute approximate surface area is 120 Å². The Bertz CT molecular complexity index is 433. The molecule has 2 N–H and O–H groups in total. The maximum absolute atomic E-state index is 12.0. The molecule has 0 heterocycles. The van der Waals surface area contributed by atoms with Gasteiger partial charge in [0.1, 0.15) is 0 Å². The van der Waals surface area contributed by atoms with Gasteiger partial charge in [-0.25, -0.2) is 0 Å². The maximum atomic E-state index is 12.0. The molecule has 4 nitrogen and oxygen atoms in total. The van der Waals surface area contributed by atoms with Crippen molar-refractivity contribution >= 4 is 23.2 Å². The number of carbonyl (C=O) groups is 1. The summed E-state index contributed by atoms with van der Waals surface area (Å²) in [5, 5.41) is 0.561. The second-order valence-electron chi connectivity index (χ2n) is 4.59. The van der Waals surface area contributed by atoms with Crippen molar-refractivity contribution in [2.75, 3.05) is 32.4 Å². The van der Waals surface area contributed by atoms with Crippen LogP contribution in [-0.2, 0) is 11.3 Å². The lowest BCUT2D eigenvalue weighted by atomic mass is 10.2. The molecule has 0 saturated carbocycles. The molecular weight excluding hydrogens is 262 g/mol. The molecule has 0 spiro atoms. The van der Waals surface area contributed by atoms with E-state index in [9.17, 15) is 4.79 Å². The van der Waals surface area contributed by atoms with E-state index in [4.69, 9.17) is 17.3 Å². The van der Waals surface area contributed by atoms with E-state index in [-0.39, 0.29) is 5.91 Å². The second-order valence-corrected chi connectivity index (χ2v) is 5.00. The molecule has 0 aliphatic carbocycles. The molecule has 0 radical (unpaired) electrons. The number of anilines is 1. The Morgan fingerprint density at radius 2 is 1.95 bits per heavy atom. The third kappa shape index (κ3) is 4.73. The summed E-state index contributed by atoms with van der Waals surface area (Å²) in [7, 11) is 1.92. The van der Waals surface area contributed by atoms with Gasteiger partial charge in [-0.05, 0) is 38.6 Å². The zero-order valence-corrected chi connectivity index (χ0v) is 12.6. The first kappa shape index (κ1) is 15.8. The molecule has 5 heteroatoms. The quantitative estimate of drug-likeness (QED) is 0.815. The molecule has 0 saturated heterocycles. The number of halogens is 1. The Morgan fingerprint density at radius 1 is 1.32 bits per heavy atom. The monoisotopic (exact) mass is 283 g/mol. The zero-order chi connectivity index (χ0) is 14.4. The zero-order valence-electron chi connectivity index (χ0n) is 11.8. The molecule has 1 rings (SSSR count). The number of nitrogen functional groups attached to an aromatic ring is 1. The SMILES string of the molecule is CCN(CC)C(=O)CN(C)Cc1ccc(Cl)c(N)c1. The van der Waals surface area contributed by atoms with Crippen molar-refractivity contribution in [3.8, 4) is 0 Å². The van der Waals surface area contributed by atoms with E-state index in [1.54, 1.807) is 6.07 Å². The van der Waals surface area contributed by atoms with Gasteiger partial charge >= 0.3 is 0 Å². The fraction of sp³-hybridized carbons (Fsp3) is 0.500. The predicted octanol–water partition coefficient (Wildman–Crippen LogP) is 2.22. The fourth-order valence-electron chi connectivity index (χ4n) is 1.97. The lowest BCUT2D eigenvalue weighted by Crippen LogP contribution is -2.38. The summed E-state index contributed by atoms with van der Waals surface area (Å²) >= 11 is 5.88. The number of rotatable bonds is 6. The topological polar surface area (TPSA) is 49.6 Å². The number of hydrogen-bond donors (Lipinski definition) is 1. The smallest absolute Gasteiger partial charge is 0.236 e. The summed E-state index contributed by atoms with van der Waals surface area (Å²) in [6, 6.07) is 5.56. The molecule has 0 aliphatic rings. The van der Waals surface area contributed by atoms with Crippen LogP contribution in [0.1, 0.15) is 19.4 Å². The van der Waals surface area contributed by atoms with Crippen molar-refractivity contribution in [2.24, 2.45) is 0 Å². The van der Waals surface area contributed by atoms with Crippen LogP contribution in [0.2, 0.25) is 5.02 Å². The van der Waals surface area contributed by atoms with Crippen LogP contribution in [0.4, 0.5) is 5.69 Å². The summed E-state index contributed by atoms with van der Waals surface area (Å²) in [6.45, 7) is 6.55. The molecule has 106 valence electrons. The van der Waals surface area contributed by atoms with Crippen LogP contribution in [0.15, 0.2) is 18.2 Å². The van der Waals surface area contributed by atoms with Gasteiger partial charge in [-0.1, -0.05) is 17.7 Å². The van der Waals surface area contributed by atoms with Crippen molar-refractivity contribution < 1.29 is 4.79 Å². The van der Waals surface area contributed by atoms with Crippen molar-refractivity contribution in [3.05, 3.63) is 28.8 Å². The van der Waals surface area contributed by atoms with Crippen molar-refractivity contribution in [2.45, 2.75) is 20.4 Å². The number of nitrogens with zero attached hydrogens (tertiary/aromatic N) is 2.